The topological polar surface area (TPSA) is 67.8 Å². The van der Waals surface area contributed by atoms with Crippen LogP contribution in [0.25, 0.3) is 6.08 Å². The minimum atomic E-state index is -0.240. The van der Waals surface area contributed by atoms with E-state index in [2.05, 4.69) is 20.5 Å². The lowest BCUT2D eigenvalue weighted by molar-refractivity contribution is -0.111. The Labute approximate surface area is 135 Å². The zero-order valence-electron chi connectivity index (χ0n) is 11.5. The Hall–Kier alpha value is -2.38. The zero-order chi connectivity index (χ0) is 15.2. The van der Waals surface area contributed by atoms with Crippen LogP contribution in [-0.2, 0) is 11.2 Å². The molecular weight excluding hydrogens is 316 g/mol. The molecule has 3 rings (SSSR count). The van der Waals surface area contributed by atoms with E-state index in [1.165, 1.54) is 34.3 Å². The van der Waals surface area contributed by atoms with Crippen molar-refractivity contribution in [2.24, 2.45) is 0 Å². The number of carbonyl (C=O) groups excluding carboxylic acids is 1. The van der Waals surface area contributed by atoms with Crippen LogP contribution < -0.4 is 5.32 Å². The van der Waals surface area contributed by atoms with Crippen LogP contribution >= 0.6 is 22.7 Å². The highest BCUT2D eigenvalue weighted by Gasteiger charge is 2.07. The summed E-state index contributed by atoms with van der Waals surface area (Å²) in [4.78, 5) is 15.9. The molecule has 0 radical (unpaired) electrons. The zero-order valence-corrected chi connectivity index (χ0v) is 13.1. The van der Waals surface area contributed by atoms with Crippen molar-refractivity contribution in [2.45, 2.75) is 6.42 Å². The van der Waals surface area contributed by atoms with Gasteiger partial charge in [0.2, 0.25) is 11.0 Å². The van der Waals surface area contributed by atoms with Crippen LogP contribution in [0.2, 0.25) is 0 Å². The number of thiazole rings is 1. The summed E-state index contributed by atoms with van der Waals surface area (Å²) in [5.74, 6) is -0.240. The first-order chi connectivity index (χ1) is 10.8. The average molecular weight is 328 g/mol. The Morgan fingerprint density at radius 1 is 1.23 bits per heavy atom. The van der Waals surface area contributed by atoms with Gasteiger partial charge in [-0.25, -0.2) is 4.98 Å². The van der Waals surface area contributed by atoms with Crippen LogP contribution in [-0.4, -0.2) is 21.1 Å². The lowest BCUT2D eigenvalue weighted by atomic mass is 10.2. The predicted molar refractivity (Wildman–Crippen MR) is 88.9 cm³/mol. The van der Waals surface area contributed by atoms with Gasteiger partial charge >= 0.3 is 0 Å². The normalized spacial score (nSPS) is 10.9. The van der Waals surface area contributed by atoms with E-state index in [0.29, 0.717) is 11.6 Å². The highest BCUT2D eigenvalue weighted by molar-refractivity contribution is 7.15. The van der Waals surface area contributed by atoms with Crippen molar-refractivity contribution < 1.29 is 4.79 Å². The number of aromatic nitrogens is 3. The van der Waals surface area contributed by atoms with Gasteiger partial charge in [0.05, 0.1) is 11.2 Å². The molecule has 0 unspecified atom stereocenters. The van der Waals surface area contributed by atoms with Gasteiger partial charge in [-0.2, -0.15) is 0 Å². The number of amides is 1. The first kappa shape index (κ1) is 14.6. The minimum Gasteiger partial charge on any atom is -0.297 e. The number of benzene rings is 1. The molecule has 1 N–H and O–H groups in total. The van der Waals surface area contributed by atoms with Crippen LogP contribution in [0.5, 0.6) is 0 Å². The molecule has 2 heterocycles. The number of rotatable bonds is 5. The van der Waals surface area contributed by atoms with Crippen LogP contribution in [0.3, 0.4) is 0 Å². The number of nitrogens with zero attached hydrogens (tertiary/aromatic N) is 3. The Bertz CT molecular complexity index is 766. The molecule has 1 amide bonds. The third kappa shape index (κ3) is 4.06. The smallest absolute Gasteiger partial charge is 0.250 e. The Balaban J connectivity index is 1.58. The SMILES string of the molecule is O=C(/C=C\c1cscn1)Nc1nnc(Cc2ccccc2)s1. The van der Waals surface area contributed by atoms with Gasteiger partial charge in [-0.1, -0.05) is 41.7 Å². The molecule has 0 atom stereocenters. The first-order valence-corrected chi connectivity index (χ1v) is 8.29. The summed E-state index contributed by atoms with van der Waals surface area (Å²) in [5.41, 5.74) is 3.65. The molecular formula is C15H12N4OS2. The second-order valence-corrected chi connectivity index (χ2v) is 6.18. The fourth-order valence-electron chi connectivity index (χ4n) is 1.76. The molecule has 0 spiro atoms. The molecule has 1 aromatic carbocycles. The van der Waals surface area contributed by atoms with E-state index >= 15 is 0 Å². The standard InChI is InChI=1S/C15H12N4OS2/c20-13(7-6-12-9-21-10-16-12)17-15-19-18-14(22-15)8-11-4-2-1-3-5-11/h1-7,9-10H,8H2,(H,17,19,20)/b7-6-. The number of hydrogen-bond acceptors (Lipinski definition) is 6. The molecule has 110 valence electrons. The number of anilines is 1. The fourth-order valence-corrected chi connectivity index (χ4v) is 3.06. The first-order valence-electron chi connectivity index (χ1n) is 6.53. The van der Waals surface area contributed by atoms with E-state index in [1.807, 2.05) is 35.7 Å². The second-order valence-electron chi connectivity index (χ2n) is 4.40. The van der Waals surface area contributed by atoms with Gasteiger partial charge < -0.3 is 0 Å². The highest BCUT2D eigenvalue weighted by atomic mass is 32.1. The largest absolute Gasteiger partial charge is 0.297 e. The van der Waals surface area contributed by atoms with E-state index in [0.717, 1.165) is 10.7 Å². The summed E-state index contributed by atoms with van der Waals surface area (Å²) < 4.78 is 0. The third-order valence-corrected chi connectivity index (χ3v) is 4.20. The third-order valence-electron chi connectivity index (χ3n) is 2.75. The molecule has 7 heteroatoms. The Morgan fingerprint density at radius 2 is 2.09 bits per heavy atom. The van der Waals surface area contributed by atoms with Gasteiger partial charge in [0, 0.05) is 17.9 Å². The van der Waals surface area contributed by atoms with Gasteiger partial charge in [-0.15, -0.1) is 21.5 Å². The molecule has 0 fully saturated rings. The van der Waals surface area contributed by atoms with Gasteiger partial charge in [0.15, 0.2) is 0 Å². The number of carbonyl (C=O) groups is 1. The fraction of sp³-hybridized carbons (Fsp3) is 0.0667. The maximum absolute atomic E-state index is 11.8. The second kappa shape index (κ2) is 7.06. The highest BCUT2D eigenvalue weighted by Crippen LogP contribution is 2.18. The summed E-state index contributed by atoms with van der Waals surface area (Å²) >= 11 is 2.86. The van der Waals surface area contributed by atoms with E-state index in [4.69, 9.17) is 0 Å². The molecule has 0 aliphatic rings. The van der Waals surface area contributed by atoms with Crippen LogP contribution in [0.1, 0.15) is 16.3 Å². The quantitative estimate of drug-likeness (QED) is 0.730. The maximum Gasteiger partial charge on any atom is 0.250 e. The Morgan fingerprint density at radius 3 is 2.86 bits per heavy atom. The van der Waals surface area contributed by atoms with Crippen molar-refractivity contribution in [1.82, 2.24) is 15.2 Å². The monoisotopic (exact) mass is 328 g/mol. The Kier molecular flexibility index (Phi) is 4.67. The predicted octanol–water partition coefficient (Wildman–Crippen LogP) is 3.24. The van der Waals surface area contributed by atoms with Crippen molar-refractivity contribution in [3.8, 4) is 0 Å². The molecule has 22 heavy (non-hydrogen) atoms. The van der Waals surface area contributed by atoms with Gasteiger partial charge in [-0.3, -0.25) is 10.1 Å². The van der Waals surface area contributed by atoms with Gasteiger partial charge in [-0.05, 0) is 11.6 Å². The molecule has 0 aliphatic carbocycles. The van der Waals surface area contributed by atoms with Crippen molar-refractivity contribution in [2.75, 3.05) is 5.32 Å². The van der Waals surface area contributed by atoms with Crippen molar-refractivity contribution in [1.29, 1.82) is 0 Å². The van der Waals surface area contributed by atoms with Gasteiger partial charge in [0.1, 0.15) is 5.01 Å². The summed E-state index contributed by atoms with van der Waals surface area (Å²) in [5, 5.41) is 14.0. The maximum atomic E-state index is 11.8. The number of hydrogen-bond donors (Lipinski definition) is 1. The summed E-state index contributed by atoms with van der Waals surface area (Å²) in [7, 11) is 0. The minimum absolute atomic E-state index is 0.240. The van der Waals surface area contributed by atoms with Gasteiger partial charge in [0.25, 0.3) is 0 Å². The number of nitrogens with one attached hydrogen (secondary N) is 1. The van der Waals surface area contributed by atoms with Crippen molar-refractivity contribution in [3.05, 3.63) is 63.6 Å². The summed E-state index contributed by atoms with van der Waals surface area (Å²) in [6.07, 6.45) is 3.81. The molecule has 3 aromatic rings. The molecule has 5 nitrogen and oxygen atoms in total. The van der Waals surface area contributed by atoms with Crippen LogP contribution in [0.15, 0.2) is 47.3 Å². The molecule has 2 aromatic heterocycles. The van der Waals surface area contributed by atoms with E-state index in [-0.39, 0.29) is 5.91 Å². The van der Waals surface area contributed by atoms with Crippen LogP contribution in [0.4, 0.5) is 5.13 Å². The summed E-state index contributed by atoms with van der Waals surface area (Å²) in [6.45, 7) is 0. The molecule has 0 aliphatic heterocycles. The van der Waals surface area contributed by atoms with E-state index < -0.39 is 0 Å². The molecule has 0 bridgehead atoms. The van der Waals surface area contributed by atoms with Crippen molar-refractivity contribution >= 4 is 39.8 Å². The van der Waals surface area contributed by atoms with Crippen LogP contribution in [0, 0.1) is 0 Å². The van der Waals surface area contributed by atoms with Crippen molar-refractivity contribution in [3.63, 3.8) is 0 Å². The average Bonchev–Trinajstić information content (AvgIpc) is 3.18. The summed E-state index contributed by atoms with van der Waals surface area (Å²) in [6, 6.07) is 10.0. The molecule has 0 saturated heterocycles. The van der Waals surface area contributed by atoms with E-state index in [9.17, 15) is 4.79 Å². The lowest BCUT2D eigenvalue weighted by Gasteiger charge is -1.95. The van der Waals surface area contributed by atoms with E-state index in [1.54, 1.807) is 11.6 Å². The lowest BCUT2D eigenvalue weighted by Crippen LogP contribution is -2.07. The molecule has 0 saturated carbocycles.